The maximum absolute atomic E-state index is 4.58. The number of hydrogen-bond donors (Lipinski definition) is 1. The van der Waals surface area contributed by atoms with Gasteiger partial charge in [0.25, 0.3) is 0 Å². The van der Waals surface area contributed by atoms with Gasteiger partial charge in [-0.1, -0.05) is 66.7 Å². The Labute approximate surface area is 132 Å². The standard InChI is InChI=1S/C18H13N3S/c1-2-8-14(9-3-1)17-20-18(22-21-17)19-16-12-6-10-13-7-4-5-11-15(13)16/h1-12H,(H,19,20,21). The van der Waals surface area contributed by atoms with Gasteiger partial charge in [-0.15, -0.1) is 0 Å². The third-order valence-electron chi connectivity index (χ3n) is 3.49. The molecule has 0 amide bonds. The molecule has 0 saturated carbocycles. The van der Waals surface area contributed by atoms with Gasteiger partial charge >= 0.3 is 0 Å². The zero-order valence-electron chi connectivity index (χ0n) is 11.7. The van der Waals surface area contributed by atoms with Crippen LogP contribution in [0.25, 0.3) is 22.2 Å². The molecule has 0 bridgehead atoms. The summed E-state index contributed by atoms with van der Waals surface area (Å²) in [6.07, 6.45) is 0. The number of hydrogen-bond acceptors (Lipinski definition) is 4. The van der Waals surface area contributed by atoms with E-state index < -0.39 is 0 Å². The van der Waals surface area contributed by atoms with Crippen LogP contribution < -0.4 is 5.32 Å². The Balaban J connectivity index is 1.68. The SMILES string of the molecule is c1ccc(-c2nsc(Nc3cccc4ccccc34)n2)cc1. The molecule has 0 unspecified atom stereocenters. The Kier molecular flexibility index (Phi) is 3.29. The predicted molar refractivity (Wildman–Crippen MR) is 92.6 cm³/mol. The fourth-order valence-electron chi connectivity index (χ4n) is 2.43. The summed E-state index contributed by atoms with van der Waals surface area (Å²) in [7, 11) is 0. The van der Waals surface area contributed by atoms with Gasteiger partial charge in [0.15, 0.2) is 5.82 Å². The third-order valence-corrected chi connectivity index (χ3v) is 4.12. The molecule has 4 heteroatoms. The highest BCUT2D eigenvalue weighted by molar-refractivity contribution is 7.10. The molecule has 4 rings (SSSR count). The summed E-state index contributed by atoms with van der Waals surface area (Å²) in [6, 6.07) is 24.5. The molecular weight excluding hydrogens is 290 g/mol. The minimum Gasteiger partial charge on any atom is -0.330 e. The summed E-state index contributed by atoms with van der Waals surface area (Å²) < 4.78 is 4.43. The van der Waals surface area contributed by atoms with Gasteiger partial charge in [0.2, 0.25) is 5.13 Å². The van der Waals surface area contributed by atoms with Crippen molar-refractivity contribution in [2.45, 2.75) is 0 Å². The average molecular weight is 303 g/mol. The molecule has 0 aliphatic carbocycles. The van der Waals surface area contributed by atoms with Gasteiger partial charge in [0.1, 0.15) is 0 Å². The first-order valence-corrected chi connectivity index (χ1v) is 7.81. The fourth-order valence-corrected chi connectivity index (χ4v) is 3.03. The van der Waals surface area contributed by atoms with Crippen molar-refractivity contribution in [3.63, 3.8) is 0 Å². The topological polar surface area (TPSA) is 37.8 Å². The van der Waals surface area contributed by atoms with Crippen LogP contribution in [0.2, 0.25) is 0 Å². The number of nitrogens with zero attached hydrogens (tertiary/aromatic N) is 2. The van der Waals surface area contributed by atoms with E-state index >= 15 is 0 Å². The second-order valence-corrected chi connectivity index (χ2v) is 5.69. The van der Waals surface area contributed by atoms with Crippen LogP contribution in [0.1, 0.15) is 0 Å². The smallest absolute Gasteiger partial charge is 0.207 e. The van der Waals surface area contributed by atoms with Crippen LogP contribution in [0.15, 0.2) is 72.8 Å². The first kappa shape index (κ1) is 13.0. The second-order valence-electron chi connectivity index (χ2n) is 4.94. The average Bonchev–Trinajstić information content (AvgIpc) is 3.05. The van der Waals surface area contributed by atoms with Crippen LogP contribution in [0, 0.1) is 0 Å². The summed E-state index contributed by atoms with van der Waals surface area (Å²) in [5, 5.41) is 6.57. The Morgan fingerprint density at radius 2 is 1.55 bits per heavy atom. The van der Waals surface area contributed by atoms with Gasteiger partial charge in [-0.2, -0.15) is 9.36 Å². The summed E-state index contributed by atoms with van der Waals surface area (Å²) in [4.78, 5) is 4.58. The largest absolute Gasteiger partial charge is 0.330 e. The minimum atomic E-state index is 0.758. The maximum atomic E-state index is 4.58. The molecule has 1 N–H and O–H groups in total. The summed E-state index contributed by atoms with van der Waals surface area (Å²) in [5.74, 6) is 0.758. The van der Waals surface area contributed by atoms with Crippen molar-refractivity contribution < 1.29 is 0 Å². The predicted octanol–water partition coefficient (Wildman–Crippen LogP) is 5.10. The number of benzene rings is 3. The monoisotopic (exact) mass is 303 g/mol. The van der Waals surface area contributed by atoms with Crippen molar-refractivity contribution >= 4 is 33.1 Å². The first-order valence-electron chi connectivity index (χ1n) is 7.04. The molecule has 0 radical (unpaired) electrons. The number of fused-ring (bicyclic) bond motifs is 1. The van der Waals surface area contributed by atoms with E-state index in [1.54, 1.807) is 0 Å². The Hall–Kier alpha value is -2.72. The van der Waals surface area contributed by atoms with Crippen LogP contribution in [-0.2, 0) is 0 Å². The number of anilines is 2. The third kappa shape index (κ3) is 2.44. The lowest BCUT2D eigenvalue weighted by Crippen LogP contribution is -1.90. The van der Waals surface area contributed by atoms with E-state index in [1.165, 1.54) is 22.3 Å². The Morgan fingerprint density at radius 1 is 0.773 bits per heavy atom. The van der Waals surface area contributed by atoms with Gasteiger partial charge in [-0.25, -0.2) is 0 Å². The fraction of sp³-hybridized carbons (Fsp3) is 0. The zero-order chi connectivity index (χ0) is 14.8. The highest BCUT2D eigenvalue weighted by Gasteiger charge is 2.07. The maximum Gasteiger partial charge on any atom is 0.207 e. The van der Waals surface area contributed by atoms with E-state index in [1.807, 2.05) is 48.5 Å². The lowest BCUT2D eigenvalue weighted by atomic mass is 10.1. The minimum absolute atomic E-state index is 0.758. The highest BCUT2D eigenvalue weighted by atomic mass is 32.1. The van der Waals surface area contributed by atoms with E-state index in [-0.39, 0.29) is 0 Å². The molecule has 0 aliphatic rings. The van der Waals surface area contributed by atoms with Gasteiger partial charge in [-0.3, -0.25) is 0 Å². The van der Waals surface area contributed by atoms with Crippen LogP contribution in [0.5, 0.6) is 0 Å². The summed E-state index contributed by atoms with van der Waals surface area (Å²) in [6.45, 7) is 0. The lowest BCUT2D eigenvalue weighted by molar-refractivity contribution is 1.32. The molecule has 4 aromatic rings. The molecule has 22 heavy (non-hydrogen) atoms. The van der Waals surface area contributed by atoms with Crippen LogP contribution >= 0.6 is 11.5 Å². The van der Waals surface area contributed by atoms with E-state index in [0.29, 0.717) is 0 Å². The van der Waals surface area contributed by atoms with Crippen LogP contribution in [-0.4, -0.2) is 9.36 Å². The van der Waals surface area contributed by atoms with Gasteiger partial charge < -0.3 is 5.32 Å². The van der Waals surface area contributed by atoms with Gasteiger partial charge in [0, 0.05) is 28.2 Å². The number of nitrogens with one attached hydrogen (secondary N) is 1. The molecule has 3 nitrogen and oxygen atoms in total. The highest BCUT2D eigenvalue weighted by Crippen LogP contribution is 2.28. The van der Waals surface area contributed by atoms with Crippen molar-refractivity contribution in [1.29, 1.82) is 0 Å². The number of rotatable bonds is 3. The van der Waals surface area contributed by atoms with E-state index in [0.717, 1.165) is 22.2 Å². The number of aromatic nitrogens is 2. The molecule has 0 aliphatic heterocycles. The molecule has 3 aromatic carbocycles. The van der Waals surface area contributed by atoms with Crippen LogP contribution in [0.3, 0.4) is 0 Å². The Morgan fingerprint density at radius 3 is 2.45 bits per heavy atom. The van der Waals surface area contributed by atoms with Crippen LogP contribution in [0.4, 0.5) is 10.8 Å². The normalized spacial score (nSPS) is 10.7. The van der Waals surface area contributed by atoms with Crippen molar-refractivity contribution in [3.05, 3.63) is 72.8 Å². The quantitative estimate of drug-likeness (QED) is 0.572. The Bertz CT molecular complexity index is 910. The summed E-state index contributed by atoms with van der Waals surface area (Å²) >= 11 is 1.38. The molecule has 1 heterocycles. The van der Waals surface area contributed by atoms with Crippen molar-refractivity contribution in [1.82, 2.24) is 9.36 Å². The van der Waals surface area contributed by atoms with Gasteiger partial charge in [0.05, 0.1) is 0 Å². The molecule has 0 atom stereocenters. The molecule has 0 spiro atoms. The first-order chi connectivity index (χ1) is 10.9. The van der Waals surface area contributed by atoms with Crippen molar-refractivity contribution in [3.8, 4) is 11.4 Å². The molecular formula is C18H13N3S. The van der Waals surface area contributed by atoms with Gasteiger partial charge in [-0.05, 0) is 11.5 Å². The molecule has 1 aromatic heterocycles. The van der Waals surface area contributed by atoms with Crippen molar-refractivity contribution in [2.24, 2.45) is 0 Å². The van der Waals surface area contributed by atoms with Crippen molar-refractivity contribution in [2.75, 3.05) is 5.32 Å². The van der Waals surface area contributed by atoms with E-state index in [9.17, 15) is 0 Å². The summed E-state index contributed by atoms with van der Waals surface area (Å²) in [5.41, 5.74) is 2.08. The molecule has 106 valence electrons. The lowest BCUT2D eigenvalue weighted by Gasteiger charge is -2.06. The molecule has 0 fully saturated rings. The molecule has 0 saturated heterocycles. The van der Waals surface area contributed by atoms with E-state index in [2.05, 4.69) is 38.9 Å². The zero-order valence-corrected chi connectivity index (χ0v) is 12.5. The second kappa shape index (κ2) is 5.58. The van der Waals surface area contributed by atoms with E-state index in [4.69, 9.17) is 0 Å².